The molecule has 0 saturated heterocycles. The predicted octanol–water partition coefficient (Wildman–Crippen LogP) is 1.58. The van der Waals surface area contributed by atoms with Crippen LogP contribution in [0.15, 0.2) is 18.6 Å². The molecule has 6 nitrogen and oxygen atoms in total. The molecule has 0 aliphatic heterocycles. The number of carbonyl (C=O) groups is 1. The molecule has 2 aromatic heterocycles. The third kappa shape index (κ3) is 2.58. The summed E-state index contributed by atoms with van der Waals surface area (Å²) in [4.78, 5) is 21.4. The van der Waals surface area contributed by atoms with Crippen molar-refractivity contribution in [3.05, 3.63) is 35.0 Å². The highest BCUT2D eigenvalue weighted by Crippen LogP contribution is 2.19. The first kappa shape index (κ1) is 13.5. The lowest BCUT2D eigenvalue weighted by molar-refractivity contribution is 0.0821. The minimum atomic E-state index is -0.156. The molecule has 1 amide bonds. The number of hydrogen-bond donors (Lipinski definition) is 0. The number of rotatable bonds is 3. The molecule has 0 aliphatic carbocycles. The van der Waals surface area contributed by atoms with Crippen molar-refractivity contribution in [3.8, 4) is 5.82 Å². The maximum Gasteiger partial charge on any atom is 0.273 e. The van der Waals surface area contributed by atoms with Crippen molar-refractivity contribution < 1.29 is 4.79 Å². The van der Waals surface area contributed by atoms with E-state index in [1.807, 2.05) is 6.92 Å². The van der Waals surface area contributed by atoms with Gasteiger partial charge in [0.25, 0.3) is 5.91 Å². The van der Waals surface area contributed by atoms with Gasteiger partial charge in [0.05, 0.1) is 0 Å². The summed E-state index contributed by atoms with van der Waals surface area (Å²) in [5.74, 6) is 0.442. The number of hydrogen-bond acceptors (Lipinski definition) is 4. The summed E-state index contributed by atoms with van der Waals surface area (Å²) in [6.45, 7) is 1.96. The van der Waals surface area contributed by atoms with Gasteiger partial charge in [0.1, 0.15) is 11.5 Å². The molecular formula is C12H14ClN5O. The summed E-state index contributed by atoms with van der Waals surface area (Å²) >= 11 is 6.03. The van der Waals surface area contributed by atoms with Crippen molar-refractivity contribution in [2.45, 2.75) is 13.3 Å². The Hall–Kier alpha value is -1.95. The highest BCUT2D eigenvalue weighted by molar-refractivity contribution is 6.30. The fraction of sp³-hybridized carbons (Fsp3) is 0.333. The topological polar surface area (TPSA) is 63.9 Å². The average molecular weight is 280 g/mol. The van der Waals surface area contributed by atoms with Crippen molar-refractivity contribution >= 4 is 17.5 Å². The minimum absolute atomic E-state index is 0.156. The molecule has 0 aromatic carbocycles. The van der Waals surface area contributed by atoms with Crippen LogP contribution >= 0.6 is 11.6 Å². The Balaban J connectivity index is 2.44. The molecule has 2 aromatic rings. The lowest BCUT2D eigenvalue weighted by Crippen LogP contribution is -2.22. The fourth-order valence-corrected chi connectivity index (χ4v) is 1.93. The van der Waals surface area contributed by atoms with E-state index < -0.39 is 0 Å². The van der Waals surface area contributed by atoms with Gasteiger partial charge in [-0.3, -0.25) is 4.79 Å². The van der Waals surface area contributed by atoms with Gasteiger partial charge < -0.3 is 4.90 Å². The highest BCUT2D eigenvalue weighted by atomic mass is 35.5. The van der Waals surface area contributed by atoms with Gasteiger partial charge in [0, 0.05) is 25.9 Å². The second-order valence-corrected chi connectivity index (χ2v) is 4.52. The first-order valence-electron chi connectivity index (χ1n) is 5.81. The minimum Gasteiger partial charge on any atom is -0.343 e. The molecule has 2 heterocycles. The molecule has 100 valence electrons. The zero-order chi connectivity index (χ0) is 14.0. The molecule has 0 spiro atoms. The molecule has 0 N–H and O–H groups in total. The SMILES string of the molecule is CCc1c(Cl)ncnc1-n1ccc(C(=O)N(C)C)n1. The summed E-state index contributed by atoms with van der Waals surface area (Å²) in [6, 6.07) is 1.65. The molecule has 0 radical (unpaired) electrons. The largest absolute Gasteiger partial charge is 0.343 e. The Bertz CT molecular complexity index is 608. The van der Waals surface area contributed by atoms with Gasteiger partial charge in [0.2, 0.25) is 0 Å². The number of aromatic nitrogens is 4. The summed E-state index contributed by atoms with van der Waals surface area (Å²) in [5, 5.41) is 4.63. The van der Waals surface area contributed by atoms with E-state index in [0.717, 1.165) is 5.56 Å². The quantitative estimate of drug-likeness (QED) is 0.800. The first-order chi connectivity index (χ1) is 9.04. The molecule has 0 fully saturated rings. The van der Waals surface area contributed by atoms with E-state index in [1.165, 1.54) is 11.2 Å². The Morgan fingerprint density at radius 3 is 2.79 bits per heavy atom. The molecule has 0 unspecified atom stereocenters. The van der Waals surface area contributed by atoms with Crippen LogP contribution in [0.1, 0.15) is 23.0 Å². The van der Waals surface area contributed by atoms with Crippen molar-refractivity contribution in [3.63, 3.8) is 0 Å². The number of carbonyl (C=O) groups excluding carboxylic acids is 1. The molecule has 7 heteroatoms. The van der Waals surface area contributed by atoms with Gasteiger partial charge in [0.15, 0.2) is 11.5 Å². The van der Waals surface area contributed by atoms with Crippen LogP contribution in [0.5, 0.6) is 0 Å². The van der Waals surface area contributed by atoms with E-state index in [4.69, 9.17) is 11.6 Å². The second kappa shape index (κ2) is 5.36. The number of halogens is 1. The smallest absolute Gasteiger partial charge is 0.273 e. The molecule has 2 rings (SSSR count). The summed E-state index contributed by atoms with van der Waals surface area (Å²) in [6.07, 6.45) is 3.76. The number of amides is 1. The monoisotopic (exact) mass is 279 g/mol. The standard InChI is InChI=1S/C12H14ClN5O/c1-4-8-10(13)14-7-15-11(8)18-6-5-9(16-18)12(19)17(2)3/h5-7H,4H2,1-3H3. The number of nitrogens with zero attached hydrogens (tertiary/aromatic N) is 5. The van der Waals surface area contributed by atoms with E-state index in [-0.39, 0.29) is 5.91 Å². The van der Waals surface area contributed by atoms with Gasteiger partial charge in [-0.05, 0) is 12.5 Å². The maximum absolute atomic E-state index is 11.8. The summed E-state index contributed by atoms with van der Waals surface area (Å²) < 4.78 is 1.54. The van der Waals surface area contributed by atoms with Crippen LogP contribution in [0.4, 0.5) is 0 Å². The van der Waals surface area contributed by atoms with Crippen LogP contribution in [-0.4, -0.2) is 44.7 Å². The van der Waals surface area contributed by atoms with Crippen molar-refractivity contribution in [1.82, 2.24) is 24.6 Å². The highest BCUT2D eigenvalue weighted by Gasteiger charge is 2.15. The molecule has 19 heavy (non-hydrogen) atoms. The van der Waals surface area contributed by atoms with Crippen LogP contribution in [0, 0.1) is 0 Å². The fourth-order valence-electron chi connectivity index (χ4n) is 1.67. The normalized spacial score (nSPS) is 10.5. The van der Waals surface area contributed by atoms with Crippen LogP contribution < -0.4 is 0 Å². The van der Waals surface area contributed by atoms with E-state index in [0.29, 0.717) is 23.1 Å². The van der Waals surface area contributed by atoms with Crippen LogP contribution in [0.2, 0.25) is 5.15 Å². The van der Waals surface area contributed by atoms with Gasteiger partial charge in [-0.1, -0.05) is 18.5 Å². The van der Waals surface area contributed by atoms with Crippen LogP contribution in [0.25, 0.3) is 5.82 Å². The third-order valence-electron chi connectivity index (χ3n) is 2.65. The molecule has 0 saturated carbocycles. The Labute approximate surface area is 116 Å². The molecule has 0 aliphatic rings. The van der Waals surface area contributed by atoms with Crippen molar-refractivity contribution in [2.24, 2.45) is 0 Å². The average Bonchev–Trinajstić information content (AvgIpc) is 2.86. The Morgan fingerprint density at radius 1 is 1.42 bits per heavy atom. The van der Waals surface area contributed by atoms with Gasteiger partial charge in [-0.25, -0.2) is 14.6 Å². The first-order valence-corrected chi connectivity index (χ1v) is 6.19. The zero-order valence-corrected chi connectivity index (χ0v) is 11.7. The van der Waals surface area contributed by atoms with Crippen LogP contribution in [0.3, 0.4) is 0 Å². The molecular weight excluding hydrogens is 266 g/mol. The van der Waals surface area contributed by atoms with Gasteiger partial charge in [-0.15, -0.1) is 0 Å². The van der Waals surface area contributed by atoms with Crippen molar-refractivity contribution in [1.29, 1.82) is 0 Å². The zero-order valence-electron chi connectivity index (χ0n) is 11.0. The second-order valence-electron chi connectivity index (χ2n) is 4.17. The van der Waals surface area contributed by atoms with E-state index in [1.54, 1.807) is 31.0 Å². The van der Waals surface area contributed by atoms with Crippen LogP contribution in [-0.2, 0) is 6.42 Å². The molecule has 0 atom stereocenters. The predicted molar refractivity (Wildman–Crippen MR) is 71.6 cm³/mol. The van der Waals surface area contributed by atoms with E-state index in [9.17, 15) is 4.79 Å². The van der Waals surface area contributed by atoms with E-state index >= 15 is 0 Å². The Morgan fingerprint density at radius 2 is 2.16 bits per heavy atom. The Kier molecular flexibility index (Phi) is 3.80. The van der Waals surface area contributed by atoms with Crippen molar-refractivity contribution in [2.75, 3.05) is 14.1 Å². The lowest BCUT2D eigenvalue weighted by atomic mass is 10.2. The maximum atomic E-state index is 11.8. The van der Waals surface area contributed by atoms with Gasteiger partial charge >= 0.3 is 0 Å². The molecule has 0 bridgehead atoms. The lowest BCUT2D eigenvalue weighted by Gasteiger charge is -2.08. The summed E-state index contributed by atoms with van der Waals surface area (Å²) in [5.41, 5.74) is 1.16. The third-order valence-corrected chi connectivity index (χ3v) is 2.98. The van der Waals surface area contributed by atoms with E-state index in [2.05, 4.69) is 15.1 Å². The summed E-state index contributed by atoms with van der Waals surface area (Å²) in [7, 11) is 3.36. The van der Waals surface area contributed by atoms with Gasteiger partial charge in [-0.2, -0.15) is 5.10 Å².